The van der Waals surface area contributed by atoms with Crippen molar-refractivity contribution in [1.82, 2.24) is 15.1 Å². The molecule has 0 saturated heterocycles. The Labute approximate surface area is 135 Å². The number of nitrogens with zero attached hydrogens (tertiary/aromatic N) is 4. The first-order valence-electron chi connectivity index (χ1n) is 7.57. The van der Waals surface area contributed by atoms with Crippen molar-refractivity contribution in [2.75, 3.05) is 16.8 Å². The zero-order valence-corrected chi connectivity index (χ0v) is 13.2. The molecule has 0 atom stereocenters. The maximum atomic E-state index is 5.04. The highest BCUT2D eigenvalue weighted by atomic mass is 16.5. The summed E-state index contributed by atoms with van der Waals surface area (Å²) in [5.41, 5.74) is 1.24. The van der Waals surface area contributed by atoms with Crippen molar-refractivity contribution in [3.8, 4) is 0 Å². The molecule has 0 bridgehead atoms. The minimum absolute atomic E-state index is 0.502. The quantitative estimate of drug-likeness (QED) is 0.751. The van der Waals surface area contributed by atoms with Gasteiger partial charge >= 0.3 is 0 Å². The predicted molar refractivity (Wildman–Crippen MR) is 89.7 cm³/mol. The van der Waals surface area contributed by atoms with E-state index >= 15 is 0 Å². The summed E-state index contributed by atoms with van der Waals surface area (Å²) in [6.45, 7) is 5.61. The number of benzene rings is 1. The summed E-state index contributed by atoms with van der Waals surface area (Å²) in [5, 5.41) is 6.95. The van der Waals surface area contributed by atoms with Gasteiger partial charge in [0.1, 0.15) is 11.6 Å². The van der Waals surface area contributed by atoms with E-state index in [1.165, 1.54) is 5.56 Å². The Bertz CT molecular complexity index is 756. The molecule has 3 aromatic rings. The topological polar surface area (TPSA) is 67.1 Å². The number of nitrogens with one attached hydrogen (secondary N) is 1. The van der Waals surface area contributed by atoms with E-state index in [4.69, 9.17) is 4.52 Å². The summed E-state index contributed by atoms with van der Waals surface area (Å²) in [6, 6.07) is 14.0. The lowest BCUT2D eigenvalue weighted by Gasteiger charge is -2.22. The van der Waals surface area contributed by atoms with Gasteiger partial charge in [-0.15, -0.1) is 0 Å². The third-order valence-corrected chi connectivity index (χ3v) is 3.43. The molecule has 0 fully saturated rings. The van der Waals surface area contributed by atoms with Crippen molar-refractivity contribution in [2.45, 2.75) is 20.4 Å². The van der Waals surface area contributed by atoms with Gasteiger partial charge in [-0.2, -0.15) is 4.98 Å². The van der Waals surface area contributed by atoms with E-state index in [9.17, 15) is 0 Å². The Balaban J connectivity index is 1.77. The van der Waals surface area contributed by atoms with Crippen LogP contribution in [0, 0.1) is 6.92 Å². The Morgan fingerprint density at radius 1 is 1.17 bits per heavy atom. The first-order chi connectivity index (χ1) is 11.2. The molecule has 0 saturated carbocycles. The van der Waals surface area contributed by atoms with Crippen molar-refractivity contribution < 1.29 is 4.52 Å². The van der Waals surface area contributed by atoms with Gasteiger partial charge in [0.15, 0.2) is 5.82 Å². The lowest BCUT2D eigenvalue weighted by molar-refractivity contribution is 0.400. The number of anilines is 3. The van der Waals surface area contributed by atoms with Crippen LogP contribution in [-0.2, 0) is 6.54 Å². The Morgan fingerprint density at radius 2 is 2.00 bits per heavy atom. The highest BCUT2D eigenvalue weighted by Gasteiger charge is 2.09. The van der Waals surface area contributed by atoms with Crippen LogP contribution in [-0.4, -0.2) is 21.7 Å². The molecule has 3 rings (SSSR count). The summed E-state index contributed by atoms with van der Waals surface area (Å²) in [7, 11) is 0. The number of rotatable bonds is 6. The summed E-state index contributed by atoms with van der Waals surface area (Å²) in [4.78, 5) is 11.0. The van der Waals surface area contributed by atoms with Crippen LogP contribution < -0.4 is 10.2 Å². The van der Waals surface area contributed by atoms with Gasteiger partial charge in [0.2, 0.25) is 5.95 Å². The second-order valence-corrected chi connectivity index (χ2v) is 5.19. The molecule has 1 N–H and O–H groups in total. The monoisotopic (exact) mass is 309 g/mol. The van der Waals surface area contributed by atoms with E-state index in [-0.39, 0.29) is 0 Å². The van der Waals surface area contributed by atoms with Crippen LogP contribution in [0.1, 0.15) is 18.2 Å². The lowest BCUT2D eigenvalue weighted by Crippen LogP contribution is -2.23. The zero-order valence-electron chi connectivity index (χ0n) is 13.2. The van der Waals surface area contributed by atoms with Gasteiger partial charge in [0.05, 0.1) is 0 Å². The van der Waals surface area contributed by atoms with E-state index in [0.717, 1.165) is 24.7 Å². The van der Waals surface area contributed by atoms with Gasteiger partial charge in [-0.25, -0.2) is 4.98 Å². The summed E-state index contributed by atoms with van der Waals surface area (Å²) < 4.78 is 5.04. The van der Waals surface area contributed by atoms with Crippen LogP contribution in [0.25, 0.3) is 0 Å². The van der Waals surface area contributed by atoms with Crippen molar-refractivity contribution >= 4 is 17.6 Å². The smallest absolute Gasteiger partial charge is 0.230 e. The van der Waals surface area contributed by atoms with E-state index in [1.807, 2.05) is 31.2 Å². The molecular weight excluding hydrogens is 290 g/mol. The summed E-state index contributed by atoms with van der Waals surface area (Å²) in [6.07, 6.45) is 1.74. The second kappa shape index (κ2) is 6.91. The molecule has 0 unspecified atom stereocenters. The molecule has 2 aromatic heterocycles. The van der Waals surface area contributed by atoms with Crippen LogP contribution in [0.15, 0.2) is 53.2 Å². The molecule has 0 amide bonds. The lowest BCUT2D eigenvalue weighted by atomic mass is 10.2. The number of aryl methyl sites for hydroxylation is 1. The molecule has 0 aliphatic heterocycles. The molecule has 0 radical (unpaired) electrons. The number of hydrogen-bond donors (Lipinski definition) is 1. The van der Waals surface area contributed by atoms with Gasteiger partial charge in [-0.3, -0.25) is 0 Å². The third kappa shape index (κ3) is 3.85. The fourth-order valence-electron chi connectivity index (χ4n) is 2.28. The average Bonchev–Trinajstić information content (AvgIpc) is 2.99. The van der Waals surface area contributed by atoms with Gasteiger partial charge in [0, 0.05) is 25.4 Å². The fourth-order valence-corrected chi connectivity index (χ4v) is 2.28. The molecule has 0 aliphatic rings. The standard InChI is InChI=1S/C17H19N5O/c1-3-22(12-14-7-5-4-6-8-14)16-9-10-18-17(20-16)19-15-11-13(2)23-21-15/h4-11H,3,12H2,1-2H3,(H,18,19,20,21). The van der Waals surface area contributed by atoms with Crippen LogP contribution >= 0.6 is 0 Å². The van der Waals surface area contributed by atoms with Crippen LogP contribution in [0.5, 0.6) is 0 Å². The van der Waals surface area contributed by atoms with E-state index in [2.05, 4.69) is 44.4 Å². The molecule has 6 nitrogen and oxygen atoms in total. The third-order valence-electron chi connectivity index (χ3n) is 3.43. The minimum atomic E-state index is 0.502. The van der Waals surface area contributed by atoms with Gasteiger partial charge < -0.3 is 14.7 Å². The zero-order chi connectivity index (χ0) is 16.1. The van der Waals surface area contributed by atoms with Crippen molar-refractivity contribution in [3.05, 3.63) is 60.0 Å². The normalized spacial score (nSPS) is 10.5. The Kier molecular flexibility index (Phi) is 4.52. The van der Waals surface area contributed by atoms with Gasteiger partial charge in [0.25, 0.3) is 0 Å². The molecule has 0 spiro atoms. The first-order valence-corrected chi connectivity index (χ1v) is 7.57. The first kappa shape index (κ1) is 15.0. The molecular formula is C17H19N5O. The minimum Gasteiger partial charge on any atom is -0.360 e. The van der Waals surface area contributed by atoms with Crippen molar-refractivity contribution in [2.24, 2.45) is 0 Å². The van der Waals surface area contributed by atoms with Crippen LogP contribution in [0.4, 0.5) is 17.6 Å². The largest absolute Gasteiger partial charge is 0.360 e. The number of hydrogen-bond acceptors (Lipinski definition) is 6. The maximum absolute atomic E-state index is 5.04. The Morgan fingerprint density at radius 3 is 2.70 bits per heavy atom. The molecule has 6 heteroatoms. The van der Waals surface area contributed by atoms with E-state index in [0.29, 0.717) is 11.8 Å². The van der Waals surface area contributed by atoms with Crippen molar-refractivity contribution in [3.63, 3.8) is 0 Å². The average molecular weight is 309 g/mol. The van der Waals surface area contributed by atoms with Crippen LogP contribution in [0.3, 0.4) is 0 Å². The van der Waals surface area contributed by atoms with Gasteiger partial charge in [-0.05, 0) is 25.5 Å². The van der Waals surface area contributed by atoms with Crippen molar-refractivity contribution in [1.29, 1.82) is 0 Å². The van der Waals surface area contributed by atoms with E-state index < -0.39 is 0 Å². The maximum Gasteiger partial charge on any atom is 0.230 e. The second-order valence-electron chi connectivity index (χ2n) is 5.19. The highest BCUT2D eigenvalue weighted by Crippen LogP contribution is 2.18. The Hall–Kier alpha value is -2.89. The molecule has 118 valence electrons. The van der Waals surface area contributed by atoms with E-state index in [1.54, 1.807) is 12.3 Å². The molecule has 2 heterocycles. The highest BCUT2D eigenvalue weighted by molar-refractivity contribution is 5.50. The fraction of sp³-hybridized carbons (Fsp3) is 0.235. The molecule has 0 aliphatic carbocycles. The van der Waals surface area contributed by atoms with Gasteiger partial charge in [-0.1, -0.05) is 35.5 Å². The SMILES string of the molecule is CCN(Cc1ccccc1)c1ccnc(Nc2cc(C)on2)n1. The van der Waals surface area contributed by atoms with Crippen LogP contribution in [0.2, 0.25) is 0 Å². The molecule has 23 heavy (non-hydrogen) atoms. The number of aromatic nitrogens is 3. The summed E-state index contributed by atoms with van der Waals surface area (Å²) in [5.74, 6) is 2.71. The molecule has 1 aromatic carbocycles. The summed E-state index contributed by atoms with van der Waals surface area (Å²) >= 11 is 0. The predicted octanol–water partition coefficient (Wildman–Crippen LogP) is 3.54.